The number of amides is 1. The second-order valence-electron chi connectivity index (χ2n) is 2.37. The molecule has 0 aliphatic carbocycles. The lowest BCUT2D eigenvalue weighted by Gasteiger charge is -2.00. The smallest absolute Gasteiger partial charge is 0.221 e. The summed E-state index contributed by atoms with van der Waals surface area (Å²) in [5, 5.41) is 11.1. The van der Waals surface area contributed by atoms with Crippen molar-refractivity contribution in [1.82, 2.24) is 0 Å². The first-order valence-corrected chi connectivity index (χ1v) is 5.50. The molecule has 0 aliphatic rings. The van der Waals surface area contributed by atoms with Crippen LogP contribution < -0.4 is 5.32 Å². The summed E-state index contributed by atoms with van der Waals surface area (Å²) in [5.41, 5.74) is 1.20. The quantitative estimate of drug-likeness (QED) is 0.786. The van der Waals surface area contributed by atoms with E-state index in [1.807, 2.05) is 33.8 Å². The first-order chi connectivity index (χ1) is 7.72. The van der Waals surface area contributed by atoms with Gasteiger partial charge in [0.05, 0.1) is 11.6 Å². The Morgan fingerprint density at radius 1 is 1.25 bits per heavy atom. The van der Waals surface area contributed by atoms with Crippen LogP contribution >= 0.6 is 0 Å². The molecule has 0 unspecified atom stereocenters. The van der Waals surface area contributed by atoms with Crippen molar-refractivity contribution < 1.29 is 4.79 Å². The Balaban J connectivity index is 0. The molecule has 1 N–H and O–H groups in total. The van der Waals surface area contributed by atoms with E-state index in [1.54, 1.807) is 24.3 Å². The van der Waals surface area contributed by atoms with Gasteiger partial charge in [-0.25, -0.2) is 0 Å². The average molecular weight is 220 g/mol. The van der Waals surface area contributed by atoms with Crippen molar-refractivity contribution in [3.05, 3.63) is 29.8 Å². The highest BCUT2D eigenvalue weighted by atomic mass is 16.1. The number of nitrogens with zero attached hydrogens (tertiary/aromatic N) is 1. The van der Waals surface area contributed by atoms with Gasteiger partial charge < -0.3 is 5.32 Å². The minimum Gasteiger partial charge on any atom is -0.326 e. The molecule has 1 aromatic carbocycles. The van der Waals surface area contributed by atoms with Crippen LogP contribution in [0.15, 0.2) is 24.3 Å². The van der Waals surface area contributed by atoms with Crippen molar-refractivity contribution in [3.63, 3.8) is 0 Å². The number of anilines is 1. The van der Waals surface area contributed by atoms with Crippen LogP contribution in [-0.2, 0) is 4.79 Å². The van der Waals surface area contributed by atoms with Crippen LogP contribution in [0.4, 0.5) is 5.69 Å². The number of nitriles is 1. The Kier molecular flexibility index (Phi) is 11.7. The predicted octanol–water partition coefficient (Wildman–Crippen LogP) is 3.57. The standard InChI is InChI=1S/C9H8N2O.2C2H6/c1-7(12)11-9-4-2-3-8(5-9)6-10;2*1-2/h2-5H,1H3,(H,11,12);2*1-2H3. The molecule has 1 rings (SSSR count). The highest BCUT2D eigenvalue weighted by Gasteiger charge is 1.95. The van der Waals surface area contributed by atoms with Crippen molar-refractivity contribution in [2.24, 2.45) is 0 Å². The largest absolute Gasteiger partial charge is 0.326 e. The van der Waals surface area contributed by atoms with Crippen LogP contribution in [0.5, 0.6) is 0 Å². The SMILES string of the molecule is CC.CC.CC(=O)Nc1cccc(C#N)c1. The maximum Gasteiger partial charge on any atom is 0.221 e. The zero-order chi connectivity index (χ0) is 13.0. The number of benzene rings is 1. The number of rotatable bonds is 1. The van der Waals surface area contributed by atoms with Crippen molar-refractivity contribution >= 4 is 11.6 Å². The second-order valence-corrected chi connectivity index (χ2v) is 2.37. The summed E-state index contributed by atoms with van der Waals surface area (Å²) in [6, 6.07) is 8.77. The molecule has 0 atom stereocenters. The highest BCUT2D eigenvalue weighted by molar-refractivity contribution is 5.88. The van der Waals surface area contributed by atoms with Gasteiger partial charge in [0.15, 0.2) is 0 Å². The van der Waals surface area contributed by atoms with E-state index >= 15 is 0 Å². The number of hydrogen-bond acceptors (Lipinski definition) is 2. The van der Waals surface area contributed by atoms with Crippen LogP contribution in [0.2, 0.25) is 0 Å². The molecule has 0 saturated heterocycles. The van der Waals surface area contributed by atoms with Crippen molar-refractivity contribution in [2.45, 2.75) is 34.6 Å². The van der Waals surface area contributed by atoms with Crippen molar-refractivity contribution in [3.8, 4) is 6.07 Å². The summed E-state index contributed by atoms with van der Waals surface area (Å²) >= 11 is 0. The van der Waals surface area contributed by atoms with E-state index in [0.29, 0.717) is 11.3 Å². The number of carbonyl (C=O) groups excluding carboxylic acids is 1. The molecule has 0 aromatic heterocycles. The third-order valence-electron chi connectivity index (χ3n) is 1.31. The van der Waals surface area contributed by atoms with Gasteiger partial charge >= 0.3 is 0 Å². The Hall–Kier alpha value is -1.82. The molecule has 0 fully saturated rings. The summed E-state index contributed by atoms with van der Waals surface area (Å²) in [4.78, 5) is 10.6. The molecule has 16 heavy (non-hydrogen) atoms. The summed E-state index contributed by atoms with van der Waals surface area (Å²) in [7, 11) is 0. The third-order valence-corrected chi connectivity index (χ3v) is 1.31. The van der Waals surface area contributed by atoms with Gasteiger partial charge in [0.25, 0.3) is 0 Å². The Labute approximate surface area is 98.1 Å². The van der Waals surface area contributed by atoms with Crippen molar-refractivity contribution in [1.29, 1.82) is 5.26 Å². The molecule has 88 valence electrons. The van der Waals surface area contributed by atoms with Gasteiger partial charge in [0.2, 0.25) is 5.91 Å². The van der Waals surface area contributed by atoms with E-state index in [1.165, 1.54) is 6.92 Å². The van der Waals surface area contributed by atoms with E-state index in [-0.39, 0.29) is 5.91 Å². The normalized spacial score (nSPS) is 7.25. The molecule has 0 saturated carbocycles. The lowest BCUT2D eigenvalue weighted by Crippen LogP contribution is -2.05. The minimum absolute atomic E-state index is 0.134. The van der Waals surface area contributed by atoms with E-state index in [9.17, 15) is 4.79 Å². The molecule has 1 aromatic rings. The molecule has 0 bridgehead atoms. The Morgan fingerprint density at radius 3 is 2.25 bits per heavy atom. The maximum absolute atomic E-state index is 10.6. The predicted molar refractivity (Wildman–Crippen MR) is 68.2 cm³/mol. The van der Waals surface area contributed by atoms with Gasteiger partial charge in [0.1, 0.15) is 0 Å². The van der Waals surface area contributed by atoms with Gasteiger partial charge in [-0.05, 0) is 18.2 Å². The summed E-state index contributed by atoms with van der Waals surface area (Å²) in [6.45, 7) is 9.43. The number of nitrogens with one attached hydrogen (secondary N) is 1. The lowest BCUT2D eigenvalue weighted by atomic mass is 10.2. The van der Waals surface area contributed by atoms with E-state index in [2.05, 4.69) is 5.32 Å². The fourth-order valence-electron chi connectivity index (χ4n) is 0.870. The topological polar surface area (TPSA) is 52.9 Å². The zero-order valence-corrected chi connectivity index (χ0v) is 10.7. The van der Waals surface area contributed by atoms with Gasteiger partial charge in [-0.2, -0.15) is 5.26 Å². The number of carbonyl (C=O) groups is 1. The average Bonchev–Trinajstić information content (AvgIpc) is 2.33. The van der Waals surface area contributed by atoms with Crippen LogP contribution in [0.25, 0.3) is 0 Å². The summed E-state index contributed by atoms with van der Waals surface area (Å²) in [5.74, 6) is -0.134. The molecule has 0 spiro atoms. The number of hydrogen-bond donors (Lipinski definition) is 1. The third kappa shape index (κ3) is 7.57. The van der Waals surface area contributed by atoms with E-state index in [4.69, 9.17) is 5.26 Å². The Bertz CT molecular complexity index is 340. The van der Waals surface area contributed by atoms with E-state index in [0.717, 1.165) is 0 Å². The van der Waals surface area contributed by atoms with Gasteiger partial charge in [-0.1, -0.05) is 33.8 Å². The molecule has 0 radical (unpaired) electrons. The fraction of sp³-hybridized carbons (Fsp3) is 0.385. The summed E-state index contributed by atoms with van der Waals surface area (Å²) in [6.07, 6.45) is 0. The van der Waals surface area contributed by atoms with Gasteiger partial charge in [-0.3, -0.25) is 4.79 Å². The van der Waals surface area contributed by atoms with Crippen molar-refractivity contribution in [2.75, 3.05) is 5.32 Å². The molecule has 1 amide bonds. The monoisotopic (exact) mass is 220 g/mol. The van der Waals surface area contributed by atoms with Crippen LogP contribution in [-0.4, -0.2) is 5.91 Å². The highest BCUT2D eigenvalue weighted by Crippen LogP contribution is 2.08. The maximum atomic E-state index is 10.6. The van der Waals surface area contributed by atoms with E-state index < -0.39 is 0 Å². The van der Waals surface area contributed by atoms with Crippen LogP contribution in [0.1, 0.15) is 40.2 Å². The van der Waals surface area contributed by atoms with Gasteiger partial charge in [0, 0.05) is 12.6 Å². The molecule has 3 nitrogen and oxygen atoms in total. The summed E-state index contributed by atoms with van der Waals surface area (Å²) < 4.78 is 0. The lowest BCUT2D eigenvalue weighted by molar-refractivity contribution is -0.114. The fourth-order valence-corrected chi connectivity index (χ4v) is 0.870. The van der Waals surface area contributed by atoms with Gasteiger partial charge in [-0.15, -0.1) is 0 Å². The second kappa shape index (κ2) is 11.3. The van der Waals surface area contributed by atoms with Crippen LogP contribution in [0.3, 0.4) is 0 Å². The molecule has 0 heterocycles. The molecular weight excluding hydrogens is 200 g/mol. The zero-order valence-electron chi connectivity index (χ0n) is 10.7. The minimum atomic E-state index is -0.134. The molecule has 0 aliphatic heterocycles. The molecule has 3 heteroatoms. The molecular formula is C13H20N2O. The first-order valence-electron chi connectivity index (χ1n) is 5.50. The first kappa shape index (κ1) is 16.6. The van der Waals surface area contributed by atoms with Crippen LogP contribution in [0, 0.1) is 11.3 Å². The Morgan fingerprint density at radius 2 is 1.81 bits per heavy atom.